The third-order valence-electron chi connectivity index (χ3n) is 10.1. The lowest BCUT2D eigenvalue weighted by Crippen LogP contribution is -2.60. The van der Waals surface area contributed by atoms with Crippen molar-refractivity contribution in [1.82, 2.24) is 10.2 Å². The average molecular weight is 673 g/mol. The third kappa shape index (κ3) is 8.44. The number of carbonyl (C=O) groups is 2. The van der Waals surface area contributed by atoms with Crippen LogP contribution in [-0.2, 0) is 15.1 Å². The number of aliphatic hydroxyl groups is 1. The molecule has 2 atom stereocenters. The smallest absolute Gasteiger partial charge is 0.238 e. The molecule has 0 spiro atoms. The number of anilines is 1. The Morgan fingerprint density at radius 3 is 2.50 bits per heavy atom. The van der Waals surface area contributed by atoms with Crippen molar-refractivity contribution >= 4 is 41.2 Å². The van der Waals surface area contributed by atoms with Crippen LogP contribution in [0.25, 0.3) is 0 Å². The van der Waals surface area contributed by atoms with Crippen LogP contribution in [0.2, 0.25) is 10.0 Å². The highest BCUT2D eigenvalue weighted by Gasteiger charge is 2.47. The van der Waals surface area contributed by atoms with Gasteiger partial charge in [-0.1, -0.05) is 86.8 Å². The van der Waals surface area contributed by atoms with E-state index in [-0.39, 0.29) is 17.0 Å². The number of unbranched alkanes of at least 4 members (excludes halogenated alkanes) is 5. The van der Waals surface area contributed by atoms with E-state index in [0.29, 0.717) is 30.0 Å². The zero-order chi connectivity index (χ0) is 33.3. The fourth-order valence-corrected chi connectivity index (χ4v) is 7.74. The van der Waals surface area contributed by atoms with Gasteiger partial charge in [0, 0.05) is 41.2 Å². The first kappa shape index (κ1) is 36.2. The molecule has 250 valence electrons. The van der Waals surface area contributed by atoms with Gasteiger partial charge in [0.2, 0.25) is 12.3 Å². The highest BCUT2D eigenvalue weighted by atomic mass is 35.5. The standard InChI is InChI=1S/C37H48Cl2FN3O3/c1-4-5-6-7-8-9-13-21-43(25-44)33-22-27(38)17-18-31(33)37(19-11-10-12-20-37)42(3)35(36(46)41-28-23-29(45)24-28)26(2)30-15-14-16-32(39)34(30)40/h1,14-18,22,25-26,28-29,35,45H,5-13,19-21,23-24H2,2-3H3,(H,41,46)/t26-,28-,29+,35+/m0/s1. The molecule has 2 fully saturated rings. The fourth-order valence-electron chi connectivity index (χ4n) is 7.39. The summed E-state index contributed by atoms with van der Waals surface area (Å²) in [6.07, 6.45) is 17.0. The Bertz CT molecular complexity index is 1370. The number of likely N-dealkylation sites (N-methyl/N-ethyl adjacent to an activating group) is 1. The second-order valence-corrected chi connectivity index (χ2v) is 13.9. The number of halogens is 3. The molecular formula is C37H48Cl2FN3O3. The molecule has 4 rings (SSSR count). The number of nitrogens with one attached hydrogen (secondary N) is 1. The third-order valence-corrected chi connectivity index (χ3v) is 10.6. The van der Waals surface area contributed by atoms with Crippen molar-refractivity contribution in [3.05, 3.63) is 63.4 Å². The van der Waals surface area contributed by atoms with E-state index in [1.54, 1.807) is 17.0 Å². The first-order chi connectivity index (χ1) is 22.1. The van der Waals surface area contributed by atoms with Gasteiger partial charge in [0.25, 0.3) is 0 Å². The van der Waals surface area contributed by atoms with Gasteiger partial charge in [0.05, 0.1) is 17.2 Å². The molecule has 2 aromatic rings. The summed E-state index contributed by atoms with van der Waals surface area (Å²) in [6, 6.07) is 9.71. The Morgan fingerprint density at radius 2 is 1.83 bits per heavy atom. The second-order valence-electron chi connectivity index (χ2n) is 13.1. The van der Waals surface area contributed by atoms with Gasteiger partial charge in [-0.3, -0.25) is 14.5 Å². The SMILES string of the molecule is C#CCCCCCCCN(C=O)c1cc(Cl)ccc1C1(N(C)[C@@H](C(=O)N[C@H]2C[C@@H](O)C2)[C@@H](C)c2cccc(Cl)c2F)CCCCC1. The summed E-state index contributed by atoms with van der Waals surface area (Å²) in [5.41, 5.74) is 1.42. The maximum Gasteiger partial charge on any atom is 0.238 e. The topological polar surface area (TPSA) is 72.9 Å². The van der Waals surface area contributed by atoms with Gasteiger partial charge in [0.15, 0.2) is 0 Å². The maximum atomic E-state index is 15.5. The van der Waals surface area contributed by atoms with E-state index in [1.165, 1.54) is 6.07 Å². The van der Waals surface area contributed by atoms with Crippen molar-refractivity contribution in [2.24, 2.45) is 0 Å². The molecular weight excluding hydrogens is 624 g/mol. The lowest BCUT2D eigenvalue weighted by atomic mass is 9.73. The van der Waals surface area contributed by atoms with Gasteiger partial charge >= 0.3 is 0 Å². The van der Waals surface area contributed by atoms with Crippen molar-refractivity contribution in [1.29, 1.82) is 0 Å². The van der Waals surface area contributed by atoms with E-state index >= 15 is 4.39 Å². The van der Waals surface area contributed by atoms with E-state index in [1.807, 2.05) is 32.2 Å². The summed E-state index contributed by atoms with van der Waals surface area (Å²) in [5, 5.41) is 13.6. The molecule has 0 aromatic heterocycles. The minimum absolute atomic E-state index is 0.0123. The fraction of sp³-hybridized carbons (Fsp3) is 0.568. The first-order valence-corrected chi connectivity index (χ1v) is 17.5. The predicted molar refractivity (Wildman–Crippen MR) is 185 cm³/mol. The molecule has 0 radical (unpaired) electrons. The van der Waals surface area contributed by atoms with E-state index in [4.69, 9.17) is 29.6 Å². The number of hydrogen-bond acceptors (Lipinski definition) is 4. The van der Waals surface area contributed by atoms with Gasteiger partial charge in [-0.25, -0.2) is 4.39 Å². The quantitative estimate of drug-likeness (QED) is 0.108. The molecule has 6 nitrogen and oxygen atoms in total. The monoisotopic (exact) mass is 671 g/mol. The number of amides is 2. The minimum Gasteiger partial charge on any atom is -0.393 e. The van der Waals surface area contributed by atoms with Crippen LogP contribution in [0, 0.1) is 18.2 Å². The molecule has 0 bridgehead atoms. The van der Waals surface area contributed by atoms with Crippen LogP contribution in [0.15, 0.2) is 36.4 Å². The first-order valence-electron chi connectivity index (χ1n) is 16.7. The second kappa shape index (κ2) is 17.0. The van der Waals surface area contributed by atoms with Crippen LogP contribution >= 0.6 is 23.2 Å². The molecule has 0 heterocycles. The maximum absolute atomic E-state index is 15.5. The summed E-state index contributed by atoms with van der Waals surface area (Å²) in [6.45, 7) is 2.41. The Morgan fingerprint density at radius 1 is 1.13 bits per heavy atom. The number of benzene rings is 2. The Balaban J connectivity index is 1.72. The largest absolute Gasteiger partial charge is 0.393 e. The summed E-state index contributed by atoms with van der Waals surface area (Å²) < 4.78 is 15.5. The molecule has 46 heavy (non-hydrogen) atoms. The van der Waals surface area contributed by atoms with Crippen molar-refractivity contribution < 1.29 is 19.1 Å². The van der Waals surface area contributed by atoms with Crippen LogP contribution in [0.3, 0.4) is 0 Å². The molecule has 2 saturated carbocycles. The minimum atomic E-state index is -0.764. The molecule has 2 aliphatic rings. The Hall–Kier alpha value is -2.63. The van der Waals surface area contributed by atoms with Crippen LogP contribution < -0.4 is 10.2 Å². The molecule has 2 N–H and O–H groups in total. The van der Waals surface area contributed by atoms with Crippen molar-refractivity contribution in [2.45, 2.75) is 120 Å². The summed E-state index contributed by atoms with van der Waals surface area (Å²) in [5.74, 6) is 1.38. The molecule has 0 aliphatic heterocycles. The Kier molecular flexibility index (Phi) is 13.4. The number of carbonyl (C=O) groups excluding carboxylic acids is 2. The van der Waals surface area contributed by atoms with E-state index in [9.17, 15) is 14.7 Å². The van der Waals surface area contributed by atoms with Gasteiger partial charge in [-0.05, 0) is 74.9 Å². The van der Waals surface area contributed by atoms with Crippen molar-refractivity contribution in [2.75, 3.05) is 18.5 Å². The number of hydrogen-bond donors (Lipinski definition) is 2. The van der Waals surface area contributed by atoms with Crippen LogP contribution in [0.5, 0.6) is 0 Å². The normalized spacial score (nSPS) is 20.3. The van der Waals surface area contributed by atoms with Gasteiger partial charge in [-0.15, -0.1) is 12.3 Å². The number of terminal acetylenes is 1. The molecule has 2 aromatic carbocycles. The van der Waals surface area contributed by atoms with Crippen LogP contribution in [0.1, 0.15) is 107 Å². The van der Waals surface area contributed by atoms with Crippen molar-refractivity contribution in [3.63, 3.8) is 0 Å². The van der Waals surface area contributed by atoms with E-state index < -0.39 is 29.4 Å². The highest BCUT2D eigenvalue weighted by Crippen LogP contribution is 2.48. The van der Waals surface area contributed by atoms with Gasteiger partial charge in [-0.2, -0.15) is 0 Å². The summed E-state index contributed by atoms with van der Waals surface area (Å²) in [4.78, 5) is 30.7. The summed E-state index contributed by atoms with van der Waals surface area (Å²) >= 11 is 12.8. The molecule has 0 saturated heterocycles. The summed E-state index contributed by atoms with van der Waals surface area (Å²) in [7, 11) is 1.95. The highest BCUT2D eigenvalue weighted by molar-refractivity contribution is 6.31. The zero-order valence-electron chi connectivity index (χ0n) is 27.1. The number of aliphatic hydroxyl groups excluding tert-OH is 1. The Labute approximate surface area is 284 Å². The average Bonchev–Trinajstić information content (AvgIpc) is 3.03. The van der Waals surface area contributed by atoms with Crippen molar-refractivity contribution in [3.8, 4) is 12.3 Å². The molecule has 2 aliphatic carbocycles. The number of nitrogens with zero attached hydrogens (tertiary/aromatic N) is 2. The van der Waals surface area contributed by atoms with Gasteiger partial charge < -0.3 is 15.3 Å². The molecule has 2 amide bonds. The molecule has 0 unspecified atom stereocenters. The van der Waals surface area contributed by atoms with E-state index in [2.05, 4.69) is 16.1 Å². The predicted octanol–water partition coefficient (Wildman–Crippen LogP) is 7.97. The lowest BCUT2D eigenvalue weighted by Gasteiger charge is -2.51. The van der Waals surface area contributed by atoms with Crippen LogP contribution in [-0.4, -0.2) is 54.1 Å². The molecule has 9 heteroatoms. The van der Waals surface area contributed by atoms with Gasteiger partial charge in [0.1, 0.15) is 5.82 Å². The van der Waals surface area contributed by atoms with E-state index in [0.717, 1.165) is 88.3 Å². The lowest BCUT2D eigenvalue weighted by molar-refractivity contribution is -0.132. The number of rotatable bonds is 16. The zero-order valence-corrected chi connectivity index (χ0v) is 28.6. The van der Waals surface area contributed by atoms with Crippen LogP contribution in [0.4, 0.5) is 10.1 Å².